The monoisotopic (exact) mass is 251 g/mol. The minimum absolute atomic E-state index is 0.403. The van der Waals surface area contributed by atoms with Crippen LogP contribution in [0.15, 0.2) is 6.07 Å². The van der Waals surface area contributed by atoms with Crippen molar-refractivity contribution in [2.24, 2.45) is 5.92 Å². The van der Waals surface area contributed by atoms with E-state index in [0.717, 1.165) is 32.7 Å². The zero-order valence-electron chi connectivity index (χ0n) is 11.8. The molecule has 2 unspecified atom stereocenters. The highest BCUT2D eigenvalue weighted by atomic mass is 16.5. The van der Waals surface area contributed by atoms with E-state index in [1.807, 2.05) is 0 Å². The lowest BCUT2D eigenvalue weighted by molar-refractivity contribution is 0.105. The summed E-state index contributed by atoms with van der Waals surface area (Å²) in [7, 11) is 0. The van der Waals surface area contributed by atoms with Crippen LogP contribution in [0, 0.1) is 5.92 Å². The number of aromatic nitrogens is 2. The summed E-state index contributed by atoms with van der Waals surface area (Å²) < 4.78 is 7.67. The molecule has 0 aromatic carbocycles. The second kappa shape index (κ2) is 6.34. The van der Waals surface area contributed by atoms with Gasteiger partial charge in [0.15, 0.2) is 0 Å². The Labute approximate surface area is 110 Å². The van der Waals surface area contributed by atoms with Crippen LogP contribution in [0.3, 0.4) is 0 Å². The molecule has 2 atom stereocenters. The van der Waals surface area contributed by atoms with Crippen molar-refractivity contribution in [2.45, 2.75) is 52.8 Å². The third-order valence-electron chi connectivity index (χ3n) is 3.82. The predicted octanol–water partition coefficient (Wildman–Crippen LogP) is 1.98. The third kappa shape index (κ3) is 3.12. The molecule has 2 heterocycles. The molecule has 0 aliphatic carbocycles. The lowest BCUT2D eigenvalue weighted by atomic mass is 10.0. The molecule has 0 saturated carbocycles. The Morgan fingerprint density at radius 1 is 1.50 bits per heavy atom. The van der Waals surface area contributed by atoms with Crippen molar-refractivity contribution in [1.82, 2.24) is 15.1 Å². The Morgan fingerprint density at radius 2 is 2.33 bits per heavy atom. The normalized spacial score (nSPS) is 23.7. The van der Waals surface area contributed by atoms with Gasteiger partial charge in [0.25, 0.3) is 0 Å². The molecule has 0 spiro atoms. The van der Waals surface area contributed by atoms with Gasteiger partial charge in [-0.3, -0.25) is 4.68 Å². The Kier molecular flexibility index (Phi) is 4.78. The second-order valence-electron chi connectivity index (χ2n) is 5.05. The van der Waals surface area contributed by atoms with Crippen molar-refractivity contribution in [2.75, 3.05) is 13.2 Å². The highest BCUT2D eigenvalue weighted by Gasteiger charge is 2.23. The van der Waals surface area contributed by atoms with Gasteiger partial charge in [-0.25, -0.2) is 0 Å². The molecule has 4 heteroatoms. The van der Waals surface area contributed by atoms with Gasteiger partial charge in [0.1, 0.15) is 0 Å². The van der Waals surface area contributed by atoms with Gasteiger partial charge in [-0.15, -0.1) is 0 Å². The highest BCUT2D eigenvalue weighted by Crippen LogP contribution is 2.19. The molecule has 0 amide bonds. The molecule has 4 nitrogen and oxygen atoms in total. The smallest absolute Gasteiger partial charge is 0.0625 e. The fraction of sp³-hybridized carbons (Fsp3) is 0.786. The molecule has 0 radical (unpaired) electrons. The standard InChI is InChI=1S/C14H25N3O/c1-4-13-8-14(17(5-2)16-13)10-15-9-12-6-7-18-11(12)3/h8,11-12,15H,4-7,9-10H2,1-3H3. The number of rotatable bonds is 6. The van der Waals surface area contributed by atoms with Gasteiger partial charge in [0.2, 0.25) is 0 Å². The fourth-order valence-electron chi connectivity index (χ4n) is 2.53. The van der Waals surface area contributed by atoms with Gasteiger partial charge < -0.3 is 10.1 Å². The van der Waals surface area contributed by atoms with E-state index in [1.165, 1.54) is 17.8 Å². The maximum Gasteiger partial charge on any atom is 0.0625 e. The van der Waals surface area contributed by atoms with Crippen LogP contribution in [0.5, 0.6) is 0 Å². The Hall–Kier alpha value is -0.870. The van der Waals surface area contributed by atoms with E-state index in [2.05, 4.69) is 41.9 Å². The van der Waals surface area contributed by atoms with Gasteiger partial charge in [0, 0.05) is 26.2 Å². The summed E-state index contributed by atoms with van der Waals surface area (Å²) in [4.78, 5) is 0. The van der Waals surface area contributed by atoms with Gasteiger partial charge in [-0.2, -0.15) is 5.10 Å². The van der Waals surface area contributed by atoms with Crippen LogP contribution in [-0.4, -0.2) is 29.0 Å². The first kappa shape index (κ1) is 13.6. The Balaban J connectivity index is 1.83. The average Bonchev–Trinajstić information content (AvgIpc) is 2.96. The lowest BCUT2D eigenvalue weighted by Crippen LogP contribution is -2.27. The molecule has 1 aliphatic rings. The molecule has 0 bridgehead atoms. The highest BCUT2D eigenvalue weighted by molar-refractivity contribution is 5.10. The summed E-state index contributed by atoms with van der Waals surface area (Å²) in [6.45, 7) is 10.3. The zero-order valence-corrected chi connectivity index (χ0v) is 11.8. The zero-order chi connectivity index (χ0) is 13.0. The number of nitrogens with zero attached hydrogens (tertiary/aromatic N) is 2. The van der Waals surface area contributed by atoms with Crippen LogP contribution >= 0.6 is 0 Å². The van der Waals surface area contributed by atoms with Crippen molar-refractivity contribution in [1.29, 1.82) is 0 Å². The molecular formula is C14H25N3O. The SMILES string of the molecule is CCc1cc(CNCC2CCOC2C)n(CC)n1. The summed E-state index contributed by atoms with van der Waals surface area (Å²) in [5.41, 5.74) is 2.48. The van der Waals surface area contributed by atoms with Gasteiger partial charge in [-0.05, 0) is 38.7 Å². The molecule has 1 N–H and O–H groups in total. The first-order chi connectivity index (χ1) is 8.74. The van der Waals surface area contributed by atoms with Crippen molar-refractivity contribution < 1.29 is 4.74 Å². The van der Waals surface area contributed by atoms with Crippen LogP contribution in [0.2, 0.25) is 0 Å². The second-order valence-corrected chi connectivity index (χ2v) is 5.05. The largest absolute Gasteiger partial charge is 0.378 e. The molecule has 18 heavy (non-hydrogen) atoms. The van der Waals surface area contributed by atoms with Crippen LogP contribution in [-0.2, 0) is 24.2 Å². The summed E-state index contributed by atoms with van der Waals surface area (Å²) in [5, 5.41) is 8.11. The van der Waals surface area contributed by atoms with Crippen molar-refractivity contribution in [3.8, 4) is 0 Å². The van der Waals surface area contributed by atoms with E-state index >= 15 is 0 Å². The topological polar surface area (TPSA) is 39.1 Å². The molecule has 1 fully saturated rings. The van der Waals surface area contributed by atoms with E-state index in [4.69, 9.17) is 4.74 Å². The van der Waals surface area contributed by atoms with Gasteiger partial charge in [0.05, 0.1) is 17.5 Å². The molecular weight excluding hydrogens is 226 g/mol. The number of hydrogen-bond donors (Lipinski definition) is 1. The first-order valence-electron chi connectivity index (χ1n) is 7.12. The summed E-state index contributed by atoms with van der Waals surface area (Å²) in [6, 6.07) is 2.21. The van der Waals surface area contributed by atoms with Crippen molar-refractivity contribution in [3.63, 3.8) is 0 Å². The maximum atomic E-state index is 5.58. The number of ether oxygens (including phenoxy) is 1. The quantitative estimate of drug-likeness (QED) is 0.840. The number of aryl methyl sites for hydroxylation is 2. The number of hydrogen-bond acceptors (Lipinski definition) is 3. The van der Waals surface area contributed by atoms with Crippen LogP contribution < -0.4 is 5.32 Å². The molecule has 1 aliphatic heterocycles. The van der Waals surface area contributed by atoms with E-state index in [-0.39, 0.29) is 0 Å². The van der Waals surface area contributed by atoms with Crippen molar-refractivity contribution >= 4 is 0 Å². The van der Waals surface area contributed by atoms with E-state index in [0.29, 0.717) is 12.0 Å². The first-order valence-corrected chi connectivity index (χ1v) is 7.12. The van der Waals surface area contributed by atoms with Crippen LogP contribution in [0.1, 0.15) is 38.6 Å². The minimum atomic E-state index is 0.403. The summed E-state index contributed by atoms with van der Waals surface area (Å²) in [5.74, 6) is 0.661. The lowest BCUT2D eigenvalue weighted by Gasteiger charge is -2.14. The number of nitrogens with one attached hydrogen (secondary N) is 1. The van der Waals surface area contributed by atoms with Gasteiger partial charge >= 0.3 is 0 Å². The summed E-state index contributed by atoms with van der Waals surface area (Å²) >= 11 is 0. The van der Waals surface area contributed by atoms with Crippen molar-refractivity contribution in [3.05, 3.63) is 17.5 Å². The maximum absolute atomic E-state index is 5.58. The average molecular weight is 251 g/mol. The van der Waals surface area contributed by atoms with Crippen LogP contribution in [0.25, 0.3) is 0 Å². The fourth-order valence-corrected chi connectivity index (χ4v) is 2.53. The van der Waals surface area contributed by atoms with Gasteiger partial charge in [-0.1, -0.05) is 6.92 Å². The van der Waals surface area contributed by atoms with E-state index < -0.39 is 0 Å². The molecule has 102 valence electrons. The molecule has 1 saturated heterocycles. The molecule has 1 aromatic rings. The Bertz CT molecular complexity index is 375. The van der Waals surface area contributed by atoms with E-state index in [1.54, 1.807) is 0 Å². The third-order valence-corrected chi connectivity index (χ3v) is 3.82. The summed E-state index contributed by atoms with van der Waals surface area (Å²) in [6.07, 6.45) is 2.59. The Morgan fingerprint density at radius 3 is 2.94 bits per heavy atom. The predicted molar refractivity (Wildman–Crippen MR) is 72.5 cm³/mol. The van der Waals surface area contributed by atoms with E-state index in [9.17, 15) is 0 Å². The molecule has 1 aromatic heterocycles. The molecule has 2 rings (SSSR count). The minimum Gasteiger partial charge on any atom is -0.378 e. The van der Waals surface area contributed by atoms with Crippen LogP contribution in [0.4, 0.5) is 0 Å².